The highest BCUT2D eigenvalue weighted by atomic mass is 32.2. The molecule has 0 atom stereocenters. The van der Waals surface area contributed by atoms with E-state index in [0.29, 0.717) is 17.9 Å². The monoisotopic (exact) mass is 390 g/mol. The maximum atomic E-state index is 12.9. The van der Waals surface area contributed by atoms with Crippen molar-refractivity contribution in [1.82, 2.24) is 0 Å². The van der Waals surface area contributed by atoms with Crippen molar-refractivity contribution < 1.29 is 13.2 Å². The number of thioether (sulfide) groups is 1. The minimum atomic E-state index is -3.74. The van der Waals surface area contributed by atoms with E-state index in [4.69, 9.17) is 0 Å². The maximum absolute atomic E-state index is 12.9. The summed E-state index contributed by atoms with van der Waals surface area (Å²) < 4.78 is 28.3. The van der Waals surface area contributed by atoms with Crippen LogP contribution in [0, 0.1) is 13.8 Å². The van der Waals surface area contributed by atoms with Gasteiger partial charge in [-0.2, -0.15) is 0 Å². The Morgan fingerprint density at radius 2 is 1.81 bits per heavy atom. The zero-order valence-corrected chi connectivity index (χ0v) is 16.7. The van der Waals surface area contributed by atoms with Gasteiger partial charge in [-0.15, -0.1) is 11.8 Å². The van der Waals surface area contributed by atoms with Gasteiger partial charge in [0.25, 0.3) is 10.0 Å². The van der Waals surface area contributed by atoms with E-state index in [1.54, 1.807) is 47.0 Å². The Kier molecular flexibility index (Phi) is 5.29. The van der Waals surface area contributed by atoms with Crippen LogP contribution in [0.3, 0.4) is 0 Å². The van der Waals surface area contributed by atoms with Crippen LogP contribution in [0.25, 0.3) is 0 Å². The van der Waals surface area contributed by atoms with Crippen molar-refractivity contribution in [2.45, 2.75) is 37.0 Å². The van der Waals surface area contributed by atoms with Gasteiger partial charge in [0.15, 0.2) is 0 Å². The molecule has 1 heterocycles. The van der Waals surface area contributed by atoms with Crippen molar-refractivity contribution in [1.29, 1.82) is 0 Å². The molecule has 0 radical (unpaired) electrons. The van der Waals surface area contributed by atoms with E-state index >= 15 is 0 Å². The molecule has 1 aliphatic rings. The lowest BCUT2D eigenvalue weighted by molar-refractivity contribution is -0.116. The number of carbonyl (C=O) groups excluding carboxylic acids is 1. The number of fused-ring (bicyclic) bond motifs is 1. The van der Waals surface area contributed by atoms with Crippen LogP contribution in [0.2, 0.25) is 0 Å². The first-order chi connectivity index (χ1) is 12.3. The molecular formula is C19H22N2O3S2. The molecule has 2 aromatic carbocycles. The van der Waals surface area contributed by atoms with E-state index in [0.717, 1.165) is 28.2 Å². The van der Waals surface area contributed by atoms with Crippen molar-refractivity contribution in [2.75, 3.05) is 21.9 Å². The zero-order chi connectivity index (χ0) is 18.9. The van der Waals surface area contributed by atoms with E-state index < -0.39 is 10.0 Å². The Morgan fingerprint density at radius 3 is 2.46 bits per heavy atom. The van der Waals surface area contributed by atoms with Gasteiger partial charge in [0.2, 0.25) is 5.91 Å². The third-order valence-electron chi connectivity index (χ3n) is 4.17. The molecule has 1 N–H and O–H groups in total. The van der Waals surface area contributed by atoms with Gasteiger partial charge in [0.05, 0.1) is 10.6 Å². The highest BCUT2D eigenvalue weighted by molar-refractivity contribution is 7.99. The number of anilines is 2. The summed E-state index contributed by atoms with van der Waals surface area (Å²) in [6.07, 6.45) is 0.877. The molecule has 3 rings (SSSR count). The summed E-state index contributed by atoms with van der Waals surface area (Å²) in [5.41, 5.74) is 3.19. The van der Waals surface area contributed by atoms with Crippen molar-refractivity contribution >= 4 is 39.1 Å². The van der Waals surface area contributed by atoms with Gasteiger partial charge in [0.1, 0.15) is 0 Å². The quantitative estimate of drug-likeness (QED) is 0.862. The minimum Gasteiger partial charge on any atom is -0.311 e. The van der Waals surface area contributed by atoms with E-state index in [1.807, 2.05) is 19.9 Å². The number of nitrogens with one attached hydrogen (secondary N) is 1. The Labute approximate surface area is 158 Å². The van der Waals surface area contributed by atoms with Gasteiger partial charge in [-0.3, -0.25) is 9.52 Å². The number of nitrogens with zero attached hydrogens (tertiary/aromatic N) is 1. The number of rotatable bonds is 3. The van der Waals surface area contributed by atoms with Gasteiger partial charge >= 0.3 is 0 Å². The smallest absolute Gasteiger partial charge is 0.261 e. The van der Waals surface area contributed by atoms with Crippen molar-refractivity contribution in [3.63, 3.8) is 0 Å². The zero-order valence-electron chi connectivity index (χ0n) is 15.1. The molecule has 26 heavy (non-hydrogen) atoms. The first-order valence-electron chi connectivity index (χ1n) is 8.42. The Bertz CT molecular complexity index is 935. The highest BCUT2D eigenvalue weighted by Crippen LogP contribution is 2.36. The molecule has 0 fully saturated rings. The van der Waals surface area contributed by atoms with Crippen molar-refractivity contribution in [3.05, 3.63) is 47.5 Å². The summed E-state index contributed by atoms with van der Waals surface area (Å²) in [6, 6.07) is 10.6. The topological polar surface area (TPSA) is 66.5 Å². The molecule has 138 valence electrons. The summed E-state index contributed by atoms with van der Waals surface area (Å²) in [4.78, 5) is 14.7. The molecule has 0 bridgehead atoms. The SMILES string of the molecule is CC(=O)N1CCCSc2ccc(S(=O)(=O)Nc3cc(C)cc(C)c3)cc21. The lowest BCUT2D eigenvalue weighted by Crippen LogP contribution is -2.29. The van der Waals surface area contributed by atoms with E-state index in [1.165, 1.54) is 6.92 Å². The predicted molar refractivity (Wildman–Crippen MR) is 107 cm³/mol. The van der Waals surface area contributed by atoms with Crippen LogP contribution >= 0.6 is 11.8 Å². The molecule has 0 aromatic heterocycles. The second-order valence-electron chi connectivity index (χ2n) is 6.48. The van der Waals surface area contributed by atoms with Crippen LogP contribution < -0.4 is 9.62 Å². The summed E-state index contributed by atoms with van der Waals surface area (Å²) >= 11 is 1.65. The van der Waals surface area contributed by atoms with Crippen LogP contribution in [-0.4, -0.2) is 26.6 Å². The first-order valence-corrected chi connectivity index (χ1v) is 10.9. The van der Waals surface area contributed by atoms with Gasteiger partial charge in [-0.05, 0) is 67.5 Å². The molecule has 0 saturated carbocycles. The standard InChI is InChI=1S/C19H22N2O3S2/c1-13-9-14(2)11-16(10-13)20-26(23,24)17-5-6-19-18(12-17)21(15(3)22)7-4-8-25-19/h5-6,9-12,20H,4,7-8H2,1-3H3. The molecule has 5 nitrogen and oxygen atoms in total. The number of hydrogen-bond donors (Lipinski definition) is 1. The lowest BCUT2D eigenvalue weighted by Gasteiger charge is -2.21. The summed E-state index contributed by atoms with van der Waals surface area (Å²) in [7, 11) is -3.74. The van der Waals surface area contributed by atoms with Crippen LogP contribution in [0.5, 0.6) is 0 Å². The normalized spacial score (nSPS) is 14.5. The molecule has 1 amide bonds. The second-order valence-corrected chi connectivity index (χ2v) is 9.30. The summed E-state index contributed by atoms with van der Waals surface area (Å²) in [6.45, 7) is 5.96. The van der Waals surface area contributed by atoms with Gasteiger partial charge in [-0.25, -0.2) is 8.42 Å². The highest BCUT2D eigenvalue weighted by Gasteiger charge is 2.23. The average Bonchev–Trinajstić information content (AvgIpc) is 2.75. The molecule has 0 unspecified atom stereocenters. The van der Waals surface area contributed by atoms with E-state index in [9.17, 15) is 13.2 Å². The Balaban J connectivity index is 1.99. The number of hydrogen-bond acceptors (Lipinski definition) is 4. The fraction of sp³-hybridized carbons (Fsp3) is 0.316. The van der Waals surface area contributed by atoms with E-state index in [-0.39, 0.29) is 10.8 Å². The van der Waals surface area contributed by atoms with Crippen molar-refractivity contribution in [2.24, 2.45) is 0 Å². The van der Waals surface area contributed by atoms with Crippen LogP contribution in [0.15, 0.2) is 46.2 Å². The van der Waals surface area contributed by atoms with Gasteiger partial charge in [0, 0.05) is 24.1 Å². The van der Waals surface area contributed by atoms with Crippen LogP contribution in [0.1, 0.15) is 24.5 Å². The average molecular weight is 391 g/mol. The number of aryl methyl sites for hydroxylation is 2. The number of sulfonamides is 1. The molecule has 0 saturated heterocycles. The molecule has 0 aliphatic carbocycles. The van der Waals surface area contributed by atoms with Crippen molar-refractivity contribution in [3.8, 4) is 0 Å². The molecule has 2 aromatic rings. The van der Waals surface area contributed by atoms with Crippen LogP contribution in [-0.2, 0) is 14.8 Å². The Hall–Kier alpha value is -1.99. The summed E-state index contributed by atoms with van der Waals surface area (Å²) in [5, 5.41) is 0. The maximum Gasteiger partial charge on any atom is 0.261 e. The molecule has 7 heteroatoms. The largest absolute Gasteiger partial charge is 0.311 e. The Morgan fingerprint density at radius 1 is 1.12 bits per heavy atom. The number of amides is 1. The first kappa shape index (κ1) is 18.8. The minimum absolute atomic E-state index is 0.0782. The molecule has 0 spiro atoms. The van der Waals surface area contributed by atoms with Gasteiger partial charge < -0.3 is 4.90 Å². The molecular weight excluding hydrogens is 368 g/mol. The third-order valence-corrected chi connectivity index (χ3v) is 6.70. The number of benzene rings is 2. The van der Waals surface area contributed by atoms with Gasteiger partial charge in [-0.1, -0.05) is 6.07 Å². The fourth-order valence-electron chi connectivity index (χ4n) is 3.10. The second kappa shape index (κ2) is 7.32. The summed E-state index contributed by atoms with van der Waals surface area (Å²) in [5.74, 6) is 0.828. The molecule has 1 aliphatic heterocycles. The fourth-order valence-corrected chi connectivity index (χ4v) is 5.13. The third kappa shape index (κ3) is 4.04. The van der Waals surface area contributed by atoms with E-state index in [2.05, 4.69) is 4.72 Å². The van der Waals surface area contributed by atoms with Crippen LogP contribution in [0.4, 0.5) is 11.4 Å². The lowest BCUT2D eigenvalue weighted by atomic mass is 10.1. The number of carbonyl (C=O) groups is 1. The predicted octanol–water partition coefficient (Wildman–Crippen LogP) is 3.95.